The molecule has 100 valence electrons. The lowest BCUT2D eigenvalue weighted by Crippen LogP contribution is -2.37. The maximum Gasteiger partial charge on any atom is 0.224 e. The topological polar surface area (TPSA) is 68.7 Å². The number of hydrogen-bond acceptors (Lipinski definition) is 4. The Balaban J connectivity index is 1.94. The van der Waals surface area contributed by atoms with Gasteiger partial charge in [-0.25, -0.2) is 0 Å². The molecule has 0 aromatic carbocycles. The van der Waals surface area contributed by atoms with Crippen LogP contribution in [0.5, 0.6) is 0 Å². The third-order valence-corrected chi connectivity index (χ3v) is 3.09. The Morgan fingerprint density at radius 1 is 1.56 bits per heavy atom. The van der Waals surface area contributed by atoms with Crippen LogP contribution in [0.4, 0.5) is 0 Å². The molecule has 5 heteroatoms. The Bertz CT molecular complexity index is 358. The molecule has 1 amide bonds. The first-order valence-corrected chi connectivity index (χ1v) is 6.41. The van der Waals surface area contributed by atoms with Gasteiger partial charge < -0.3 is 19.8 Å². The molecule has 1 atom stereocenters. The van der Waals surface area contributed by atoms with E-state index in [4.69, 9.17) is 14.9 Å². The molecule has 2 heterocycles. The zero-order valence-corrected chi connectivity index (χ0v) is 10.5. The molecule has 1 saturated heterocycles. The zero-order valence-electron chi connectivity index (χ0n) is 10.5. The number of furan rings is 1. The predicted octanol–water partition coefficient (Wildman–Crippen LogP) is 1.14. The van der Waals surface area contributed by atoms with Crippen LogP contribution in [0.15, 0.2) is 22.8 Å². The summed E-state index contributed by atoms with van der Waals surface area (Å²) in [4.78, 5) is 13.8. The molecule has 0 radical (unpaired) electrons. The van der Waals surface area contributed by atoms with Crippen molar-refractivity contribution >= 4 is 5.91 Å². The van der Waals surface area contributed by atoms with Crippen molar-refractivity contribution in [3.63, 3.8) is 0 Å². The number of carbonyl (C=O) groups excluding carboxylic acids is 1. The molecule has 1 aliphatic heterocycles. The van der Waals surface area contributed by atoms with Gasteiger partial charge in [0.1, 0.15) is 5.76 Å². The van der Waals surface area contributed by atoms with Gasteiger partial charge in [-0.05, 0) is 25.0 Å². The second kappa shape index (κ2) is 6.56. The highest BCUT2D eigenvalue weighted by Gasteiger charge is 2.22. The van der Waals surface area contributed by atoms with Crippen molar-refractivity contribution in [2.24, 2.45) is 5.73 Å². The molecule has 5 nitrogen and oxygen atoms in total. The zero-order chi connectivity index (χ0) is 12.8. The van der Waals surface area contributed by atoms with Gasteiger partial charge in [0.25, 0.3) is 0 Å². The maximum atomic E-state index is 12.0. The number of amides is 1. The maximum absolute atomic E-state index is 12.0. The third-order valence-electron chi connectivity index (χ3n) is 3.09. The predicted molar refractivity (Wildman–Crippen MR) is 66.8 cm³/mol. The van der Waals surface area contributed by atoms with E-state index in [9.17, 15) is 4.79 Å². The molecule has 1 aliphatic rings. The van der Waals surface area contributed by atoms with Gasteiger partial charge in [0.2, 0.25) is 5.91 Å². The molecular weight excluding hydrogens is 232 g/mol. The molecule has 1 fully saturated rings. The smallest absolute Gasteiger partial charge is 0.224 e. The van der Waals surface area contributed by atoms with Crippen LogP contribution in [0, 0.1) is 0 Å². The minimum absolute atomic E-state index is 0.0596. The first-order chi connectivity index (χ1) is 8.79. The molecule has 0 saturated carbocycles. The van der Waals surface area contributed by atoms with E-state index >= 15 is 0 Å². The van der Waals surface area contributed by atoms with E-state index in [1.807, 2.05) is 12.1 Å². The molecular formula is C13H20N2O3. The van der Waals surface area contributed by atoms with Gasteiger partial charge >= 0.3 is 0 Å². The van der Waals surface area contributed by atoms with Crippen LogP contribution >= 0.6 is 0 Å². The number of ether oxygens (including phenoxy) is 1. The largest absolute Gasteiger partial charge is 0.467 e. The van der Waals surface area contributed by atoms with Crippen LogP contribution < -0.4 is 5.73 Å². The summed E-state index contributed by atoms with van der Waals surface area (Å²) in [5.74, 6) is 0.850. The summed E-state index contributed by atoms with van der Waals surface area (Å²) in [6.45, 7) is 2.29. The Kier molecular flexibility index (Phi) is 4.78. The van der Waals surface area contributed by atoms with Crippen molar-refractivity contribution in [1.82, 2.24) is 4.90 Å². The fourth-order valence-electron chi connectivity index (χ4n) is 2.16. The van der Waals surface area contributed by atoms with Crippen molar-refractivity contribution in [2.45, 2.75) is 31.9 Å². The normalized spacial score (nSPS) is 19.1. The fraction of sp³-hybridized carbons (Fsp3) is 0.615. The van der Waals surface area contributed by atoms with E-state index in [1.54, 1.807) is 11.2 Å². The van der Waals surface area contributed by atoms with Crippen LogP contribution in [-0.2, 0) is 16.1 Å². The number of nitrogens with zero attached hydrogens (tertiary/aromatic N) is 1. The SMILES string of the molecule is NCCC(=O)N(Cc1ccco1)CC1CCCO1. The molecule has 2 N–H and O–H groups in total. The van der Waals surface area contributed by atoms with E-state index in [0.29, 0.717) is 26.1 Å². The highest BCUT2D eigenvalue weighted by atomic mass is 16.5. The minimum Gasteiger partial charge on any atom is -0.467 e. The lowest BCUT2D eigenvalue weighted by Gasteiger charge is -2.24. The highest BCUT2D eigenvalue weighted by Crippen LogP contribution is 2.16. The monoisotopic (exact) mass is 252 g/mol. The summed E-state index contributed by atoms with van der Waals surface area (Å²) >= 11 is 0. The molecule has 1 aromatic heterocycles. The van der Waals surface area contributed by atoms with Crippen molar-refractivity contribution in [1.29, 1.82) is 0 Å². The van der Waals surface area contributed by atoms with Crippen LogP contribution in [0.2, 0.25) is 0 Å². The van der Waals surface area contributed by atoms with Crippen LogP contribution in [0.1, 0.15) is 25.0 Å². The van der Waals surface area contributed by atoms with Crippen molar-refractivity contribution < 1.29 is 13.9 Å². The fourth-order valence-corrected chi connectivity index (χ4v) is 2.16. The lowest BCUT2D eigenvalue weighted by atomic mass is 10.2. The van der Waals surface area contributed by atoms with Crippen LogP contribution in [0.25, 0.3) is 0 Å². The summed E-state index contributed by atoms with van der Waals surface area (Å²) in [6, 6.07) is 3.70. The van der Waals surface area contributed by atoms with Crippen molar-refractivity contribution in [3.05, 3.63) is 24.2 Å². The van der Waals surface area contributed by atoms with E-state index in [0.717, 1.165) is 25.2 Å². The van der Waals surface area contributed by atoms with Crippen LogP contribution in [-0.4, -0.2) is 36.6 Å². The van der Waals surface area contributed by atoms with Crippen molar-refractivity contribution in [3.8, 4) is 0 Å². The first kappa shape index (κ1) is 13.1. The van der Waals surface area contributed by atoms with Crippen LogP contribution in [0.3, 0.4) is 0 Å². The summed E-state index contributed by atoms with van der Waals surface area (Å²) in [5, 5.41) is 0. The highest BCUT2D eigenvalue weighted by molar-refractivity contribution is 5.76. The van der Waals surface area contributed by atoms with Gasteiger partial charge in [-0.3, -0.25) is 4.79 Å². The quantitative estimate of drug-likeness (QED) is 0.824. The summed E-state index contributed by atoms with van der Waals surface area (Å²) in [5.41, 5.74) is 5.45. The molecule has 0 bridgehead atoms. The van der Waals surface area contributed by atoms with Crippen molar-refractivity contribution in [2.75, 3.05) is 19.7 Å². The standard InChI is InChI=1S/C13H20N2O3/c14-6-5-13(16)15(9-11-3-1-7-17-11)10-12-4-2-8-18-12/h1,3,7,12H,2,4-6,8-10,14H2. The number of carbonyl (C=O) groups is 1. The van der Waals surface area contributed by atoms with Gasteiger partial charge in [-0.15, -0.1) is 0 Å². The molecule has 1 aromatic rings. The molecule has 18 heavy (non-hydrogen) atoms. The third kappa shape index (κ3) is 3.58. The second-order valence-electron chi connectivity index (χ2n) is 4.53. The van der Waals surface area contributed by atoms with Gasteiger partial charge in [0.05, 0.1) is 18.9 Å². The lowest BCUT2D eigenvalue weighted by molar-refractivity contribution is -0.133. The summed E-state index contributed by atoms with van der Waals surface area (Å²) < 4.78 is 10.9. The van der Waals surface area contributed by atoms with Gasteiger partial charge in [-0.2, -0.15) is 0 Å². The van der Waals surface area contributed by atoms with Gasteiger partial charge in [0, 0.05) is 26.1 Å². The molecule has 0 aliphatic carbocycles. The summed E-state index contributed by atoms with van der Waals surface area (Å²) in [7, 11) is 0. The first-order valence-electron chi connectivity index (χ1n) is 6.41. The average molecular weight is 252 g/mol. The number of nitrogens with two attached hydrogens (primary N) is 1. The Morgan fingerprint density at radius 2 is 2.44 bits per heavy atom. The van der Waals surface area contributed by atoms with E-state index < -0.39 is 0 Å². The Morgan fingerprint density at radius 3 is 3.06 bits per heavy atom. The second-order valence-corrected chi connectivity index (χ2v) is 4.53. The van der Waals surface area contributed by atoms with E-state index in [2.05, 4.69) is 0 Å². The minimum atomic E-state index is 0.0596. The Labute approximate surface area is 107 Å². The average Bonchev–Trinajstić information content (AvgIpc) is 3.01. The molecule has 1 unspecified atom stereocenters. The van der Waals surface area contributed by atoms with Gasteiger partial charge in [-0.1, -0.05) is 0 Å². The van der Waals surface area contributed by atoms with E-state index in [1.165, 1.54) is 0 Å². The summed E-state index contributed by atoms with van der Waals surface area (Å²) in [6.07, 6.45) is 4.23. The number of hydrogen-bond donors (Lipinski definition) is 1. The molecule has 2 rings (SSSR count). The van der Waals surface area contributed by atoms with Gasteiger partial charge in [0.15, 0.2) is 0 Å². The number of rotatable bonds is 6. The molecule has 0 spiro atoms. The Hall–Kier alpha value is -1.33. The van der Waals surface area contributed by atoms with E-state index in [-0.39, 0.29) is 12.0 Å².